The molecule has 1 saturated heterocycles. The lowest BCUT2D eigenvalue weighted by Gasteiger charge is -2.20. The molecule has 0 aliphatic carbocycles. The smallest absolute Gasteiger partial charge is 0.293 e. The Hall–Kier alpha value is -1.71. The van der Waals surface area contributed by atoms with Crippen molar-refractivity contribution in [2.75, 3.05) is 13.7 Å². The Labute approximate surface area is 128 Å². The third-order valence-corrected chi connectivity index (χ3v) is 5.12. The first-order chi connectivity index (χ1) is 10.3. The predicted molar refractivity (Wildman–Crippen MR) is 78.4 cm³/mol. The maximum atomic E-state index is 12.4. The summed E-state index contributed by atoms with van der Waals surface area (Å²) < 4.78 is 37.6. The monoisotopic (exact) mass is 330 g/mol. The second kappa shape index (κ2) is 6.59. The molecule has 1 heterocycles. The average Bonchev–Trinajstić information content (AvgIpc) is 3.00. The highest BCUT2D eigenvalue weighted by Crippen LogP contribution is 2.28. The summed E-state index contributed by atoms with van der Waals surface area (Å²) in [5, 5.41) is 11.1. The summed E-state index contributed by atoms with van der Waals surface area (Å²) in [7, 11) is -2.67. The van der Waals surface area contributed by atoms with E-state index in [2.05, 4.69) is 4.72 Å². The highest BCUT2D eigenvalue weighted by atomic mass is 32.2. The Morgan fingerprint density at radius 1 is 1.50 bits per heavy atom. The van der Waals surface area contributed by atoms with Crippen LogP contribution in [0.15, 0.2) is 23.1 Å². The van der Waals surface area contributed by atoms with E-state index in [1.807, 2.05) is 0 Å². The molecular weight excluding hydrogens is 312 g/mol. The van der Waals surface area contributed by atoms with Crippen LogP contribution in [0, 0.1) is 10.1 Å². The number of sulfonamides is 1. The van der Waals surface area contributed by atoms with Gasteiger partial charge in [-0.1, -0.05) is 0 Å². The summed E-state index contributed by atoms with van der Waals surface area (Å²) in [5.74, 6) is 0.220. The lowest BCUT2D eigenvalue weighted by Crippen LogP contribution is -2.40. The minimum absolute atomic E-state index is 0.216. The minimum Gasteiger partial charge on any atom is -0.497 e. The number of nitrogens with zero attached hydrogens (tertiary/aromatic N) is 1. The molecule has 122 valence electrons. The van der Waals surface area contributed by atoms with Crippen LogP contribution >= 0.6 is 0 Å². The van der Waals surface area contributed by atoms with Crippen molar-refractivity contribution in [1.82, 2.24) is 4.72 Å². The van der Waals surface area contributed by atoms with E-state index in [0.29, 0.717) is 6.61 Å². The molecule has 0 aromatic heterocycles. The molecule has 1 aromatic rings. The first-order valence-electron chi connectivity index (χ1n) is 6.81. The molecule has 8 nitrogen and oxygen atoms in total. The standard InChI is InChI=1S/C13H18N2O6S/c1-9(12-4-3-7-21-12)14-22(18,19)13-6-5-10(20-2)8-11(13)15(16)17/h5-6,8-9,12,14H,3-4,7H2,1-2H3. The Morgan fingerprint density at radius 3 is 2.77 bits per heavy atom. The van der Waals surface area contributed by atoms with Gasteiger partial charge in [0.1, 0.15) is 5.75 Å². The Balaban J connectivity index is 2.30. The Kier molecular flexibility index (Phi) is 4.99. The van der Waals surface area contributed by atoms with Crippen molar-refractivity contribution in [3.8, 4) is 5.75 Å². The van der Waals surface area contributed by atoms with Gasteiger partial charge in [-0.2, -0.15) is 0 Å². The fraction of sp³-hybridized carbons (Fsp3) is 0.538. The molecule has 0 bridgehead atoms. The van der Waals surface area contributed by atoms with Gasteiger partial charge in [0, 0.05) is 12.6 Å². The molecule has 0 amide bonds. The van der Waals surface area contributed by atoms with Crippen LogP contribution in [0.25, 0.3) is 0 Å². The van der Waals surface area contributed by atoms with Gasteiger partial charge >= 0.3 is 0 Å². The van der Waals surface area contributed by atoms with Crippen molar-refractivity contribution < 1.29 is 22.8 Å². The number of hydrogen-bond acceptors (Lipinski definition) is 6. The maximum absolute atomic E-state index is 12.4. The number of methoxy groups -OCH3 is 1. The summed E-state index contributed by atoms with van der Waals surface area (Å²) in [5.41, 5.74) is -0.522. The second-order valence-electron chi connectivity index (χ2n) is 5.05. The molecule has 0 saturated carbocycles. The van der Waals surface area contributed by atoms with Gasteiger partial charge in [0.25, 0.3) is 5.69 Å². The normalized spacial score (nSPS) is 19.8. The van der Waals surface area contributed by atoms with Crippen LogP contribution in [-0.4, -0.2) is 39.2 Å². The molecule has 2 atom stereocenters. The Morgan fingerprint density at radius 2 is 2.23 bits per heavy atom. The topological polar surface area (TPSA) is 108 Å². The molecule has 22 heavy (non-hydrogen) atoms. The number of nitrogens with one attached hydrogen (secondary N) is 1. The van der Waals surface area contributed by atoms with Gasteiger partial charge in [-0.3, -0.25) is 10.1 Å². The zero-order chi connectivity index (χ0) is 16.3. The van der Waals surface area contributed by atoms with E-state index < -0.39 is 26.7 Å². The molecule has 0 spiro atoms. The van der Waals surface area contributed by atoms with Gasteiger partial charge in [0.2, 0.25) is 10.0 Å². The van der Waals surface area contributed by atoms with Gasteiger partial charge in [-0.25, -0.2) is 13.1 Å². The SMILES string of the molecule is COc1ccc(S(=O)(=O)NC(C)C2CCCO2)c([N+](=O)[O-])c1. The highest BCUT2D eigenvalue weighted by molar-refractivity contribution is 7.89. The van der Waals surface area contributed by atoms with Crippen LogP contribution in [0.3, 0.4) is 0 Å². The van der Waals surface area contributed by atoms with Crippen molar-refractivity contribution in [1.29, 1.82) is 0 Å². The van der Waals surface area contributed by atoms with E-state index in [1.54, 1.807) is 6.92 Å². The molecule has 1 fully saturated rings. The van der Waals surface area contributed by atoms with Crippen LogP contribution < -0.4 is 9.46 Å². The average molecular weight is 330 g/mol. The van der Waals surface area contributed by atoms with E-state index in [1.165, 1.54) is 19.2 Å². The van der Waals surface area contributed by atoms with Gasteiger partial charge in [-0.15, -0.1) is 0 Å². The first-order valence-corrected chi connectivity index (χ1v) is 8.30. The number of nitro benzene ring substituents is 1. The third-order valence-electron chi connectivity index (χ3n) is 3.52. The van der Waals surface area contributed by atoms with Crippen molar-refractivity contribution in [3.63, 3.8) is 0 Å². The van der Waals surface area contributed by atoms with Crippen molar-refractivity contribution in [2.45, 2.75) is 36.8 Å². The van der Waals surface area contributed by atoms with E-state index in [9.17, 15) is 18.5 Å². The van der Waals surface area contributed by atoms with E-state index >= 15 is 0 Å². The predicted octanol–water partition coefficient (Wildman–Crippen LogP) is 1.45. The molecule has 0 radical (unpaired) electrons. The van der Waals surface area contributed by atoms with Gasteiger partial charge in [0.05, 0.1) is 24.2 Å². The molecule has 1 aliphatic heterocycles. The molecule has 1 N–H and O–H groups in total. The fourth-order valence-electron chi connectivity index (χ4n) is 2.38. The minimum atomic E-state index is -4.02. The van der Waals surface area contributed by atoms with Crippen LogP contribution in [0.5, 0.6) is 5.75 Å². The van der Waals surface area contributed by atoms with Crippen LogP contribution in [0.1, 0.15) is 19.8 Å². The first kappa shape index (κ1) is 16.7. The van der Waals surface area contributed by atoms with Crippen LogP contribution in [0.2, 0.25) is 0 Å². The summed E-state index contributed by atoms with van der Waals surface area (Å²) in [6.45, 7) is 2.28. The van der Waals surface area contributed by atoms with Crippen LogP contribution in [0.4, 0.5) is 5.69 Å². The van der Waals surface area contributed by atoms with Gasteiger partial charge in [0.15, 0.2) is 4.90 Å². The third kappa shape index (κ3) is 3.54. The molecule has 1 aromatic carbocycles. The largest absolute Gasteiger partial charge is 0.497 e. The lowest BCUT2D eigenvalue weighted by molar-refractivity contribution is -0.387. The van der Waals surface area contributed by atoms with Gasteiger partial charge < -0.3 is 9.47 Å². The van der Waals surface area contributed by atoms with E-state index in [4.69, 9.17) is 9.47 Å². The zero-order valence-electron chi connectivity index (χ0n) is 12.3. The number of benzene rings is 1. The summed E-state index contributed by atoms with van der Waals surface area (Å²) in [4.78, 5) is 9.98. The fourth-order valence-corrected chi connectivity index (χ4v) is 3.80. The molecule has 2 unspecified atom stereocenters. The number of rotatable bonds is 6. The van der Waals surface area contributed by atoms with E-state index in [0.717, 1.165) is 18.9 Å². The van der Waals surface area contributed by atoms with Crippen molar-refractivity contribution >= 4 is 15.7 Å². The molecular formula is C13H18N2O6S. The Bertz CT molecular complexity index is 654. The molecule has 2 rings (SSSR count). The highest BCUT2D eigenvalue weighted by Gasteiger charge is 2.31. The van der Waals surface area contributed by atoms with E-state index in [-0.39, 0.29) is 16.7 Å². The summed E-state index contributed by atoms with van der Waals surface area (Å²) in [6.07, 6.45) is 1.42. The quantitative estimate of drug-likeness (QED) is 0.625. The number of ether oxygens (including phenoxy) is 2. The number of nitro groups is 1. The lowest BCUT2D eigenvalue weighted by atomic mass is 10.1. The van der Waals surface area contributed by atoms with Gasteiger partial charge in [-0.05, 0) is 31.9 Å². The maximum Gasteiger partial charge on any atom is 0.293 e. The summed E-state index contributed by atoms with van der Waals surface area (Å²) >= 11 is 0. The number of hydrogen-bond donors (Lipinski definition) is 1. The van der Waals surface area contributed by atoms with Crippen molar-refractivity contribution in [3.05, 3.63) is 28.3 Å². The molecule has 1 aliphatic rings. The zero-order valence-corrected chi connectivity index (χ0v) is 13.1. The second-order valence-corrected chi connectivity index (χ2v) is 6.73. The van der Waals surface area contributed by atoms with Crippen molar-refractivity contribution in [2.24, 2.45) is 0 Å². The summed E-state index contributed by atoms with van der Waals surface area (Å²) in [6, 6.07) is 3.17. The van der Waals surface area contributed by atoms with Crippen LogP contribution in [-0.2, 0) is 14.8 Å². The molecule has 9 heteroatoms.